The lowest BCUT2D eigenvalue weighted by atomic mass is 10.1. The number of aliphatic hydroxyl groups is 1. The summed E-state index contributed by atoms with van der Waals surface area (Å²) in [4.78, 5) is -0.150. The fourth-order valence-corrected chi connectivity index (χ4v) is 5.10. The summed E-state index contributed by atoms with van der Waals surface area (Å²) in [5.41, 5.74) is 0. The van der Waals surface area contributed by atoms with Crippen LogP contribution in [0.3, 0.4) is 0 Å². The molecule has 0 aromatic heterocycles. The van der Waals surface area contributed by atoms with Crippen molar-refractivity contribution < 1.29 is 18.0 Å². The van der Waals surface area contributed by atoms with Crippen molar-refractivity contribution in [3.8, 4) is 0 Å². The molecular formula is C15H31NO4SSi. The highest BCUT2D eigenvalue weighted by atomic mass is 32.2. The molecule has 0 radical (unpaired) electrons. The number of sulfonamides is 1. The minimum Gasteiger partial charge on any atom is -0.410 e. The van der Waals surface area contributed by atoms with Crippen molar-refractivity contribution in [1.29, 1.82) is 0 Å². The third kappa shape index (κ3) is 4.00. The normalized spacial score (nSPS) is 27.4. The summed E-state index contributed by atoms with van der Waals surface area (Å²) in [6, 6.07) is 0. The van der Waals surface area contributed by atoms with Crippen molar-refractivity contribution in [3.63, 3.8) is 0 Å². The van der Waals surface area contributed by atoms with Crippen molar-refractivity contribution in [2.45, 2.75) is 65.0 Å². The number of hydrogen-bond donors (Lipinski definition) is 1. The first kappa shape index (κ1) is 19.8. The molecule has 0 bridgehead atoms. The maximum absolute atomic E-state index is 12.4. The summed E-state index contributed by atoms with van der Waals surface area (Å²) >= 11 is 0. The van der Waals surface area contributed by atoms with E-state index in [4.69, 9.17) is 4.43 Å². The highest BCUT2D eigenvalue weighted by Gasteiger charge is 2.47. The molecule has 0 spiro atoms. The van der Waals surface area contributed by atoms with Crippen LogP contribution < -0.4 is 0 Å². The summed E-state index contributed by atoms with van der Waals surface area (Å²) in [7, 11) is -5.75. The number of nitrogens with zero attached hydrogens (tertiary/aromatic N) is 1. The Bertz CT molecular complexity index is 522. The average Bonchev–Trinajstić information content (AvgIpc) is 2.31. The molecule has 1 aliphatic rings. The molecule has 22 heavy (non-hydrogen) atoms. The SMILES string of the molecule is C=C1[C@H](O)[C@@H](O[Si](C)(C)C(C)(C)C)CN(CC(C)C)S1(=O)=O. The zero-order valence-electron chi connectivity index (χ0n) is 14.9. The van der Waals surface area contributed by atoms with Crippen molar-refractivity contribution in [3.05, 3.63) is 11.5 Å². The number of rotatable bonds is 4. The number of hydrogen-bond acceptors (Lipinski definition) is 4. The average molecular weight is 350 g/mol. The van der Waals surface area contributed by atoms with Crippen LogP contribution in [-0.4, -0.2) is 51.4 Å². The maximum atomic E-state index is 12.4. The van der Waals surface area contributed by atoms with Gasteiger partial charge in [-0.05, 0) is 24.1 Å². The lowest BCUT2D eigenvalue weighted by molar-refractivity contribution is 0.0327. The molecule has 2 atom stereocenters. The Morgan fingerprint density at radius 1 is 1.41 bits per heavy atom. The van der Waals surface area contributed by atoms with Gasteiger partial charge in [-0.2, -0.15) is 4.31 Å². The van der Waals surface area contributed by atoms with Gasteiger partial charge in [-0.25, -0.2) is 8.42 Å². The van der Waals surface area contributed by atoms with E-state index in [-0.39, 0.29) is 22.4 Å². The van der Waals surface area contributed by atoms with Crippen LogP contribution in [0.25, 0.3) is 0 Å². The second-order valence-electron chi connectivity index (χ2n) is 8.04. The molecule has 1 N–H and O–H groups in total. The maximum Gasteiger partial charge on any atom is 0.241 e. The summed E-state index contributed by atoms with van der Waals surface area (Å²) in [6.45, 7) is 18.7. The molecule has 0 aromatic rings. The van der Waals surface area contributed by atoms with E-state index >= 15 is 0 Å². The molecule has 1 saturated heterocycles. The first-order valence-electron chi connectivity index (χ1n) is 7.75. The van der Waals surface area contributed by atoms with Crippen LogP contribution in [-0.2, 0) is 14.4 Å². The third-order valence-electron chi connectivity index (χ3n) is 4.56. The molecule has 7 heteroatoms. The zero-order valence-corrected chi connectivity index (χ0v) is 16.7. The van der Waals surface area contributed by atoms with E-state index in [1.807, 2.05) is 13.8 Å². The van der Waals surface area contributed by atoms with E-state index in [1.54, 1.807) is 0 Å². The largest absolute Gasteiger partial charge is 0.410 e. The Labute approximate surface area is 136 Å². The van der Waals surface area contributed by atoms with E-state index in [0.29, 0.717) is 6.54 Å². The van der Waals surface area contributed by atoms with E-state index < -0.39 is 30.5 Å². The molecule has 1 heterocycles. The van der Waals surface area contributed by atoms with E-state index in [1.165, 1.54) is 4.31 Å². The van der Waals surface area contributed by atoms with Crippen LogP contribution in [0.2, 0.25) is 18.1 Å². The van der Waals surface area contributed by atoms with Gasteiger partial charge in [0, 0.05) is 13.1 Å². The standard InChI is InChI=1S/C15H31NO4SSi/c1-11(2)9-16-10-13(14(17)12(3)21(16,18)19)20-22(7,8)15(4,5)6/h11,13-14,17H,3,9-10H2,1-2,4-8H3/t13-,14-/m0/s1. The van der Waals surface area contributed by atoms with Crippen LogP contribution in [0, 0.1) is 5.92 Å². The topological polar surface area (TPSA) is 66.8 Å². The molecular weight excluding hydrogens is 318 g/mol. The molecule has 0 aromatic carbocycles. The minimum absolute atomic E-state index is 0.00669. The van der Waals surface area contributed by atoms with Crippen molar-refractivity contribution in [1.82, 2.24) is 4.31 Å². The number of aliphatic hydroxyl groups excluding tert-OH is 1. The quantitative estimate of drug-likeness (QED) is 0.792. The lowest BCUT2D eigenvalue weighted by Crippen LogP contribution is -2.57. The van der Waals surface area contributed by atoms with Gasteiger partial charge in [-0.15, -0.1) is 0 Å². The molecule has 1 aliphatic heterocycles. The Morgan fingerprint density at radius 2 is 1.91 bits per heavy atom. The Hall–Kier alpha value is -0.213. The molecule has 0 aliphatic carbocycles. The van der Waals surface area contributed by atoms with Gasteiger partial charge in [0.1, 0.15) is 6.10 Å². The van der Waals surface area contributed by atoms with Gasteiger partial charge in [0.05, 0.1) is 11.0 Å². The minimum atomic E-state index is -3.65. The third-order valence-corrected chi connectivity index (χ3v) is 10.9. The van der Waals surface area contributed by atoms with Gasteiger partial charge in [0.25, 0.3) is 0 Å². The fourth-order valence-electron chi connectivity index (χ4n) is 2.16. The fraction of sp³-hybridized carbons (Fsp3) is 0.867. The highest BCUT2D eigenvalue weighted by Crippen LogP contribution is 2.39. The van der Waals surface area contributed by atoms with Crippen molar-refractivity contribution in [2.75, 3.05) is 13.1 Å². The molecule has 0 saturated carbocycles. The van der Waals surface area contributed by atoms with Gasteiger partial charge >= 0.3 is 0 Å². The Kier molecular flexibility index (Phi) is 5.73. The van der Waals surface area contributed by atoms with Gasteiger partial charge < -0.3 is 9.53 Å². The van der Waals surface area contributed by atoms with Crippen LogP contribution in [0.5, 0.6) is 0 Å². The van der Waals surface area contributed by atoms with Crippen molar-refractivity contribution in [2.24, 2.45) is 5.92 Å². The molecule has 1 fully saturated rings. The Morgan fingerprint density at radius 3 is 2.32 bits per heavy atom. The highest BCUT2D eigenvalue weighted by molar-refractivity contribution is 7.93. The van der Waals surface area contributed by atoms with Gasteiger partial charge in [-0.3, -0.25) is 0 Å². The smallest absolute Gasteiger partial charge is 0.241 e. The molecule has 1 rings (SSSR count). The monoisotopic (exact) mass is 349 g/mol. The lowest BCUT2D eigenvalue weighted by Gasteiger charge is -2.44. The van der Waals surface area contributed by atoms with Crippen LogP contribution >= 0.6 is 0 Å². The predicted molar refractivity (Wildman–Crippen MR) is 92.5 cm³/mol. The summed E-state index contributed by atoms with van der Waals surface area (Å²) in [5.74, 6) is 0.200. The van der Waals surface area contributed by atoms with Gasteiger partial charge in [-0.1, -0.05) is 41.2 Å². The van der Waals surface area contributed by atoms with Crippen LogP contribution in [0.1, 0.15) is 34.6 Å². The summed E-state index contributed by atoms with van der Waals surface area (Å²) in [6.07, 6.45) is -1.71. The van der Waals surface area contributed by atoms with Gasteiger partial charge in [0.2, 0.25) is 10.0 Å². The zero-order chi connectivity index (χ0) is 17.5. The summed E-state index contributed by atoms with van der Waals surface area (Å²) in [5, 5.41) is 10.3. The van der Waals surface area contributed by atoms with Crippen LogP contribution in [0.15, 0.2) is 11.5 Å². The van der Waals surface area contributed by atoms with E-state index in [2.05, 4.69) is 40.4 Å². The van der Waals surface area contributed by atoms with Crippen molar-refractivity contribution >= 4 is 18.3 Å². The molecule has 0 amide bonds. The molecule has 5 nitrogen and oxygen atoms in total. The van der Waals surface area contributed by atoms with E-state index in [9.17, 15) is 13.5 Å². The van der Waals surface area contributed by atoms with Crippen LogP contribution in [0.4, 0.5) is 0 Å². The second-order valence-corrected chi connectivity index (χ2v) is 14.8. The first-order chi connectivity index (χ1) is 9.70. The van der Waals surface area contributed by atoms with E-state index in [0.717, 1.165) is 0 Å². The van der Waals surface area contributed by atoms with Gasteiger partial charge in [0.15, 0.2) is 8.32 Å². The first-order valence-corrected chi connectivity index (χ1v) is 12.1. The predicted octanol–water partition coefficient (Wildman–Crippen LogP) is 2.55. The second kappa shape index (κ2) is 6.35. The Balaban J connectivity index is 3.05. The summed E-state index contributed by atoms with van der Waals surface area (Å²) < 4.78 is 32.4. The molecule has 0 unspecified atom stereocenters. The molecule has 130 valence electrons.